The zero-order valence-corrected chi connectivity index (χ0v) is 10.4. The summed E-state index contributed by atoms with van der Waals surface area (Å²) in [6.45, 7) is 1.85. The first-order valence-electron chi connectivity index (χ1n) is 5.41. The molecule has 0 spiro atoms. The van der Waals surface area contributed by atoms with Crippen molar-refractivity contribution in [2.45, 2.75) is 13.0 Å². The monoisotopic (exact) mass is 251 g/mol. The van der Waals surface area contributed by atoms with Gasteiger partial charge in [-0.25, -0.2) is 9.37 Å². The zero-order valence-electron chi connectivity index (χ0n) is 10.4. The third kappa shape index (κ3) is 2.06. The molecule has 0 radical (unpaired) electrons. The Hall–Kier alpha value is -1.95. The molecule has 2 aromatic heterocycles. The van der Waals surface area contributed by atoms with Gasteiger partial charge in [0.05, 0.1) is 12.8 Å². The number of ether oxygens (including phenoxy) is 1. The molecule has 1 unspecified atom stereocenters. The lowest BCUT2D eigenvalue weighted by Gasteiger charge is -2.10. The molecule has 0 aliphatic carbocycles. The van der Waals surface area contributed by atoms with Gasteiger partial charge in [0, 0.05) is 24.5 Å². The SMILES string of the molecule is COc1nccc(C(O)c2cc(C)n(C)n2)c1F. The van der Waals surface area contributed by atoms with Crippen LogP contribution in [0.15, 0.2) is 18.3 Å². The fraction of sp³-hybridized carbons (Fsp3) is 0.333. The number of pyridine rings is 1. The number of halogens is 1. The molecule has 18 heavy (non-hydrogen) atoms. The van der Waals surface area contributed by atoms with Gasteiger partial charge in [0.1, 0.15) is 6.10 Å². The zero-order chi connectivity index (χ0) is 13.3. The first-order valence-corrected chi connectivity index (χ1v) is 5.41. The van der Waals surface area contributed by atoms with Crippen molar-refractivity contribution >= 4 is 0 Å². The van der Waals surface area contributed by atoms with E-state index in [1.807, 2.05) is 6.92 Å². The van der Waals surface area contributed by atoms with Crippen LogP contribution in [-0.2, 0) is 7.05 Å². The molecule has 0 aliphatic heterocycles. The number of nitrogens with zero attached hydrogens (tertiary/aromatic N) is 3. The fourth-order valence-corrected chi connectivity index (χ4v) is 1.67. The minimum absolute atomic E-state index is 0.0972. The molecule has 0 bridgehead atoms. The first-order chi connectivity index (χ1) is 8.54. The number of rotatable bonds is 3. The van der Waals surface area contributed by atoms with E-state index in [-0.39, 0.29) is 11.4 Å². The molecule has 2 heterocycles. The van der Waals surface area contributed by atoms with E-state index in [0.29, 0.717) is 5.69 Å². The first kappa shape index (κ1) is 12.5. The summed E-state index contributed by atoms with van der Waals surface area (Å²) in [5.41, 5.74) is 1.37. The Morgan fingerprint density at radius 1 is 1.50 bits per heavy atom. The molecular weight excluding hydrogens is 237 g/mol. The van der Waals surface area contributed by atoms with Gasteiger partial charge in [0.25, 0.3) is 0 Å². The number of methoxy groups -OCH3 is 1. The summed E-state index contributed by atoms with van der Waals surface area (Å²) in [5.74, 6) is -0.810. The largest absolute Gasteiger partial charge is 0.479 e. The summed E-state index contributed by atoms with van der Waals surface area (Å²) >= 11 is 0. The Balaban J connectivity index is 2.42. The van der Waals surface area contributed by atoms with Crippen LogP contribution in [0.4, 0.5) is 4.39 Å². The minimum atomic E-state index is -1.14. The quantitative estimate of drug-likeness (QED) is 0.894. The third-order valence-corrected chi connectivity index (χ3v) is 2.79. The molecule has 5 nitrogen and oxygen atoms in total. The Bertz CT molecular complexity index is 549. The van der Waals surface area contributed by atoms with Gasteiger partial charge in [-0.05, 0) is 19.1 Å². The number of hydrogen-bond donors (Lipinski definition) is 1. The molecule has 96 valence electrons. The molecule has 0 saturated carbocycles. The maximum absolute atomic E-state index is 13.9. The van der Waals surface area contributed by atoms with Crippen molar-refractivity contribution < 1.29 is 14.2 Å². The van der Waals surface area contributed by atoms with Gasteiger partial charge in [-0.1, -0.05) is 0 Å². The van der Waals surface area contributed by atoms with Crippen LogP contribution in [-0.4, -0.2) is 27.0 Å². The lowest BCUT2D eigenvalue weighted by atomic mass is 10.1. The van der Waals surface area contributed by atoms with Gasteiger partial charge in [-0.15, -0.1) is 0 Å². The van der Waals surface area contributed by atoms with Crippen molar-refractivity contribution in [2.75, 3.05) is 7.11 Å². The van der Waals surface area contributed by atoms with Crippen molar-refractivity contribution in [2.24, 2.45) is 7.05 Å². The van der Waals surface area contributed by atoms with Gasteiger partial charge < -0.3 is 9.84 Å². The van der Waals surface area contributed by atoms with E-state index in [1.54, 1.807) is 17.8 Å². The number of hydrogen-bond acceptors (Lipinski definition) is 4. The van der Waals surface area contributed by atoms with Crippen LogP contribution in [0.2, 0.25) is 0 Å². The molecule has 0 aromatic carbocycles. The van der Waals surface area contributed by atoms with Gasteiger partial charge in [0.2, 0.25) is 5.88 Å². The summed E-state index contributed by atoms with van der Waals surface area (Å²) in [6.07, 6.45) is 0.248. The summed E-state index contributed by atoms with van der Waals surface area (Å²) in [7, 11) is 3.08. The highest BCUT2D eigenvalue weighted by Gasteiger charge is 2.21. The lowest BCUT2D eigenvalue weighted by molar-refractivity contribution is 0.207. The van der Waals surface area contributed by atoms with Crippen LogP contribution < -0.4 is 4.74 Å². The van der Waals surface area contributed by atoms with Crippen LogP contribution in [0, 0.1) is 12.7 Å². The highest BCUT2D eigenvalue weighted by molar-refractivity contribution is 5.31. The molecule has 2 aromatic rings. The lowest BCUT2D eigenvalue weighted by Crippen LogP contribution is -2.06. The van der Waals surface area contributed by atoms with Gasteiger partial charge >= 0.3 is 0 Å². The van der Waals surface area contributed by atoms with E-state index >= 15 is 0 Å². The molecule has 0 saturated heterocycles. The molecule has 2 rings (SSSR count). The molecular formula is C12H14FN3O2. The van der Waals surface area contributed by atoms with Crippen LogP contribution in [0.3, 0.4) is 0 Å². The highest BCUT2D eigenvalue weighted by Crippen LogP contribution is 2.27. The Morgan fingerprint density at radius 2 is 2.22 bits per heavy atom. The Morgan fingerprint density at radius 3 is 2.78 bits per heavy atom. The summed E-state index contributed by atoms with van der Waals surface area (Å²) in [5, 5.41) is 14.3. The van der Waals surface area contributed by atoms with E-state index in [9.17, 15) is 9.50 Å². The van der Waals surface area contributed by atoms with Crippen molar-refractivity contribution in [1.29, 1.82) is 0 Å². The highest BCUT2D eigenvalue weighted by atomic mass is 19.1. The third-order valence-electron chi connectivity index (χ3n) is 2.79. The summed E-state index contributed by atoms with van der Waals surface area (Å²) in [4.78, 5) is 3.72. The van der Waals surface area contributed by atoms with Gasteiger partial charge in [-0.3, -0.25) is 4.68 Å². The van der Waals surface area contributed by atoms with Gasteiger partial charge in [0.15, 0.2) is 5.82 Å². The molecule has 6 heteroatoms. The van der Waals surface area contributed by atoms with E-state index < -0.39 is 11.9 Å². The van der Waals surface area contributed by atoms with Crippen LogP contribution >= 0.6 is 0 Å². The second kappa shape index (κ2) is 4.73. The Labute approximate surface area is 104 Å². The molecule has 1 atom stereocenters. The number of aryl methyl sites for hydroxylation is 2. The van der Waals surface area contributed by atoms with E-state index in [4.69, 9.17) is 4.74 Å². The smallest absolute Gasteiger partial charge is 0.250 e. The molecule has 0 fully saturated rings. The van der Waals surface area contributed by atoms with Gasteiger partial charge in [-0.2, -0.15) is 5.10 Å². The topological polar surface area (TPSA) is 60.2 Å². The van der Waals surface area contributed by atoms with E-state index in [0.717, 1.165) is 5.69 Å². The summed E-state index contributed by atoms with van der Waals surface area (Å²) < 4.78 is 20.3. The minimum Gasteiger partial charge on any atom is -0.479 e. The summed E-state index contributed by atoms with van der Waals surface area (Å²) in [6, 6.07) is 3.11. The maximum atomic E-state index is 13.9. The average molecular weight is 251 g/mol. The fourth-order valence-electron chi connectivity index (χ4n) is 1.67. The van der Waals surface area contributed by atoms with Crippen molar-refractivity contribution in [3.63, 3.8) is 0 Å². The number of aromatic nitrogens is 3. The van der Waals surface area contributed by atoms with Crippen molar-refractivity contribution in [1.82, 2.24) is 14.8 Å². The van der Waals surface area contributed by atoms with Crippen LogP contribution in [0.25, 0.3) is 0 Å². The second-order valence-electron chi connectivity index (χ2n) is 3.96. The van der Waals surface area contributed by atoms with E-state index in [1.165, 1.54) is 19.4 Å². The maximum Gasteiger partial charge on any atom is 0.250 e. The number of aliphatic hydroxyl groups is 1. The average Bonchev–Trinajstić information content (AvgIpc) is 2.69. The van der Waals surface area contributed by atoms with Crippen molar-refractivity contribution in [3.8, 4) is 5.88 Å². The molecule has 1 N–H and O–H groups in total. The number of aliphatic hydroxyl groups excluding tert-OH is 1. The normalized spacial score (nSPS) is 12.5. The standard InChI is InChI=1S/C12H14FN3O2/c1-7-6-9(15-16(7)2)11(17)8-4-5-14-12(18-3)10(8)13/h4-6,11,17H,1-3H3. The molecule has 0 aliphatic rings. The van der Waals surface area contributed by atoms with Crippen LogP contribution in [0.1, 0.15) is 23.1 Å². The Kier molecular flexibility index (Phi) is 3.29. The molecule has 0 amide bonds. The van der Waals surface area contributed by atoms with Crippen LogP contribution in [0.5, 0.6) is 5.88 Å². The van der Waals surface area contributed by atoms with Crippen molar-refractivity contribution in [3.05, 3.63) is 41.1 Å². The second-order valence-corrected chi connectivity index (χ2v) is 3.96. The predicted molar refractivity (Wildman–Crippen MR) is 62.8 cm³/mol. The predicted octanol–water partition coefficient (Wildman–Crippen LogP) is 1.35. The van der Waals surface area contributed by atoms with E-state index in [2.05, 4.69) is 10.1 Å².